The van der Waals surface area contributed by atoms with Crippen LogP contribution in [0.3, 0.4) is 0 Å². The van der Waals surface area contributed by atoms with Crippen LogP contribution in [0.1, 0.15) is 11.1 Å². The second-order valence-electron chi connectivity index (χ2n) is 6.70. The molecule has 3 nitrogen and oxygen atoms in total. The molecule has 0 N–H and O–H groups in total. The summed E-state index contributed by atoms with van der Waals surface area (Å²) in [5.74, 6) is 1.25. The van der Waals surface area contributed by atoms with E-state index in [-0.39, 0.29) is 0 Å². The van der Waals surface area contributed by atoms with Crippen LogP contribution >= 0.6 is 23.2 Å². The Morgan fingerprint density at radius 2 is 1.57 bits per heavy atom. The normalized spacial score (nSPS) is 11.2. The molecule has 4 aromatic rings. The lowest BCUT2D eigenvalue weighted by Crippen LogP contribution is -1.98. The SMILES string of the molecule is COc1ccc(N=Cc2cc(Cl)c(OCc3cccc4ccccc34)c(Cl)c2)cc1. The van der Waals surface area contributed by atoms with E-state index in [2.05, 4.69) is 23.2 Å². The molecule has 5 heteroatoms. The van der Waals surface area contributed by atoms with Crippen molar-refractivity contribution >= 4 is 45.9 Å². The standard InChI is InChI=1S/C25H19Cl2NO2/c1-29-21-11-9-20(10-12-21)28-15-17-13-23(26)25(24(27)14-17)30-16-19-7-4-6-18-5-2-3-8-22(18)19/h2-15H,16H2,1H3. The predicted octanol–water partition coefficient (Wildman–Crippen LogP) is 7.48. The fourth-order valence-corrected chi connectivity index (χ4v) is 3.79. The van der Waals surface area contributed by atoms with E-state index in [9.17, 15) is 0 Å². The van der Waals surface area contributed by atoms with Gasteiger partial charge in [0.25, 0.3) is 0 Å². The molecule has 0 amide bonds. The van der Waals surface area contributed by atoms with Crippen LogP contribution in [0.25, 0.3) is 10.8 Å². The number of aliphatic imine (C=N–C) groups is 1. The van der Waals surface area contributed by atoms with E-state index in [1.54, 1.807) is 25.5 Å². The number of benzene rings is 4. The highest BCUT2D eigenvalue weighted by atomic mass is 35.5. The summed E-state index contributed by atoms with van der Waals surface area (Å²) in [5.41, 5.74) is 2.67. The van der Waals surface area contributed by atoms with Gasteiger partial charge in [-0.25, -0.2) is 0 Å². The highest BCUT2D eigenvalue weighted by Gasteiger charge is 2.10. The van der Waals surface area contributed by atoms with Gasteiger partial charge in [0.2, 0.25) is 0 Å². The summed E-state index contributed by atoms with van der Waals surface area (Å²) in [6.45, 7) is 0.375. The Kier molecular flexibility index (Phi) is 6.22. The van der Waals surface area contributed by atoms with Crippen LogP contribution in [-0.4, -0.2) is 13.3 Å². The van der Waals surface area contributed by atoms with Gasteiger partial charge in [0.1, 0.15) is 12.4 Å². The Balaban J connectivity index is 1.51. The third-order valence-electron chi connectivity index (χ3n) is 4.71. The Hall–Kier alpha value is -3.01. The number of ether oxygens (including phenoxy) is 2. The minimum Gasteiger partial charge on any atom is -0.497 e. The van der Waals surface area contributed by atoms with Crippen LogP contribution in [0.5, 0.6) is 11.5 Å². The Morgan fingerprint density at radius 1 is 0.867 bits per heavy atom. The molecule has 4 aromatic carbocycles. The van der Waals surface area contributed by atoms with Gasteiger partial charge in [-0.15, -0.1) is 0 Å². The first-order valence-corrected chi connectivity index (χ1v) is 10.2. The van der Waals surface area contributed by atoms with Crippen molar-refractivity contribution in [3.63, 3.8) is 0 Å². The predicted molar refractivity (Wildman–Crippen MR) is 125 cm³/mol. The van der Waals surface area contributed by atoms with Crippen LogP contribution in [0.4, 0.5) is 5.69 Å². The molecule has 0 fully saturated rings. The summed E-state index contributed by atoms with van der Waals surface area (Å²) >= 11 is 12.9. The minimum absolute atomic E-state index is 0.375. The summed E-state index contributed by atoms with van der Waals surface area (Å²) in [6, 6.07) is 25.4. The van der Waals surface area contributed by atoms with Gasteiger partial charge >= 0.3 is 0 Å². The molecule has 0 radical (unpaired) electrons. The lowest BCUT2D eigenvalue weighted by molar-refractivity contribution is 0.308. The van der Waals surface area contributed by atoms with E-state index < -0.39 is 0 Å². The van der Waals surface area contributed by atoms with E-state index in [1.165, 1.54) is 5.39 Å². The number of halogens is 2. The molecule has 0 aromatic heterocycles. The maximum absolute atomic E-state index is 6.45. The summed E-state index contributed by atoms with van der Waals surface area (Å²) in [7, 11) is 1.63. The van der Waals surface area contributed by atoms with Crippen molar-refractivity contribution in [2.24, 2.45) is 4.99 Å². The zero-order chi connectivity index (χ0) is 20.9. The van der Waals surface area contributed by atoms with Crippen molar-refractivity contribution in [1.29, 1.82) is 0 Å². The number of rotatable bonds is 6. The fourth-order valence-electron chi connectivity index (χ4n) is 3.18. The molecule has 0 saturated carbocycles. The van der Waals surface area contributed by atoms with Crippen LogP contribution < -0.4 is 9.47 Å². The monoisotopic (exact) mass is 435 g/mol. The Labute approximate surface area is 185 Å². The third kappa shape index (κ3) is 4.59. The number of nitrogens with zero attached hydrogens (tertiary/aromatic N) is 1. The zero-order valence-electron chi connectivity index (χ0n) is 16.3. The molecule has 4 rings (SSSR count). The highest BCUT2D eigenvalue weighted by molar-refractivity contribution is 6.37. The number of hydrogen-bond donors (Lipinski definition) is 0. The lowest BCUT2D eigenvalue weighted by atomic mass is 10.1. The topological polar surface area (TPSA) is 30.8 Å². The Morgan fingerprint density at radius 3 is 2.30 bits per heavy atom. The summed E-state index contributed by atoms with van der Waals surface area (Å²) in [6.07, 6.45) is 1.72. The van der Waals surface area contributed by atoms with Gasteiger partial charge in [-0.3, -0.25) is 4.99 Å². The maximum Gasteiger partial charge on any atom is 0.157 e. The number of methoxy groups -OCH3 is 1. The second kappa shape index (κ2) is 9.21. The van der Waals surface area contributed by atoms with E-state index >= 15 is 0 Å². The van der Waals surface area contributed by atoms with Gasteiger partial charge in [-0.05, 0) is 58.3 Å². The zero-order valence-corrected chi connectivity index (χ0v) is 17.8. The largest absolute Gasteiger partial charge is 0.497 e. The smallest absolute Gasteiger partial charge is 0.157 e. The summed E-state index contributed by atoms with van der Waals surface area (Å²) < 4.78 is 11.1. The molecule has 0 aliphatic heterocycles. The quantitative estimate of drug-likeness (QED) is 0.293. The lowest BCUT2D eigenvalue weighted by Gasteiger charge is -2.12. The first-order chi connectivity index (χ1) is 14.6. The Bertz CT molecular complexity index is 1180. The maximum atomic E-state index is 6.45. The van der Waals surface area contributed by atoms with Crippen molar-refractivity contribution in [2.75, 3.05) is 7.11 Å². The first kappa shape index (κ1) is 20.3. The molecular formula is C25H19Cl2NO2. The molecule has 0 aliphatic carbocycles. The van der Waals surface area contributed by atoms with E-state index in [4.69, 9.17) is 32.7 Å². The van der Waals surface area contributed by atoms with Crippen LogP contribution in [0.2, 0.25) is 10.0 Å². The highest BCUT2D eigenvalue weighted by Crippen LogP contribution is 2.35. The average Bonchev–Trinajstić information content (AvgIpc) is 2.77. The molecule has 0 spiro atoms. The van der Waals surface area contributed by atoms with Crippen molar-refractivity contribution in [2.45, 2.75) is 6.61 Å². The molecule has 0 heterocycles. The summed E-state index contributed by atoms with van der Waals surface area (Å²) in [4.78, 5) is 4.45. The van der Waals surface area contributed by atoms with Crippen LogP contribution in [-0.2, 0) is 6.61 Å². The van der Waals surface area contributed by atoms with Gasteiger partial charge in [-0.1, -0.05) is 65.7 Å². The van der Waals surface area contributed by atoms with Crippen molar-refractivity contribution in [3.05, 3.63) is 100 Å². The van der Waals surface area contributed by atoms with Gasteiger partial charge in [-0.2, -0.15) is 0 Å². The molecule has 30 heavy (non-hydrogen) atoms. The minimum atomic E-state index is 0.375. The molecule has 150 valence electrons. The van der Waals surface area contributed by atoms with Crippen molar-refractivity contribution < 1.29 is 9.47 Å². The first-order valence-electron chi connectivity index (χ1n) is 9.40. The van der Waals surface area contributed by atoms with Gasteiger partial charge in [0.15, 0.2) is 5.75 Å². The molecular weight excluding hydrogens is 417 g/mol. The van der Waals surface area contributed by atoms with Crippen molar-refractivity contribution in [3.8, 4) is 11.5 Å². The second-order valence-corrected chi connectivity index (χ2v) is 7.51. The van der Waals surface area contributed by atoms with Crippen LogP contribution in [0, 0.1) is 0 Å². The molecule has 0 unspecified atom stereocenters. The number of hydrogen-bond acceptors (Lipinski definition) is 3. The van der Waals surface area contributed by atoms with Gasteiger partial charge in [0, 0.05) is 6.21 Å². The molecule has 0 bridgehead atoms. The van der Waals surface area contributed by atoms with E-state index in [0.717, 1.165) is 28.0 Å². The van der Waals surface area contributed by atoms with Gasteiger partial charge in [0.05, 0.1) is 22.8 Å². The third-order valence-corrected chi connectivity index (χ3v) is 5.27. The van der Waals surface area contributed by atoms with Gasteiger partial charge < -0.3 is 9.47 Å². The van der Waals surface area contributed by atoms with Crippen LogP contribution in [0.15, 0.2) is 83.9 Å². The fraction of sp³-hybridized carbons (Fsp3) is 0.0800. The van der Waals surface area contributed by atoms with E-state index in [1.807, 2.05) is 48.5 Å². The molecule has 0 aliphatic rings. The molecule has 0 atom stereocenters. The molecule has 0 saturated heterocycles. The average molecular weight is 436 g/mol. The van der Waals surface area contributed by atoms with E-state index in [0.29, 0.717) is 22.4 Å². The van der Waals surface area contributed by atoms with Crippen molar-refractivity contribution in [1.82, 2.24) is 0 Å². The summed E-state index contributed by atoms with van der Waals surface area (Å²) in [5, 5.41) is 3.20. The number of fused-ring (bicyclic) bond motifs is 1.